The minimum Gasteiger partial charge on any atom is -0.508 e. The number of aromatic nitrogens is 1. The molecule has 0 amide bonds. The highest BCUT2D eigenvalue weighted by Gasteiger charge is 2.02. The Morgan fingerprint density at radius 3 is 2.71 bits per heavy atom. The molecule has 1 aromatic heterocycles. The predicted octanol–water partition coefficient (Wildman–Crippen LogP) is 3.84. The topological polar surface area (TPSA) is 50.2 Å². The van der Waals surface area contributed by atoms with Crippen LogP contribution in [0.3, 0.4) is 0 Å². The molecule has 1 heterocycles. The summed E-state index contributed by atoms with van der Waals surface area (Å²) < 4.78 is 0. The van der Waals surface area contributed by atoms with Crippen LogP contribution < -0.4 is 0 Å². The number of allylic oxidation sites excluding steroid dienone is 1. The molecule has 0 saturated heterocycles. The Hall–Kier alpha value is -2.94. The Bertz CT molecular complexity index is 837. The zero-order chi connectivity index (χ0) is 14.7. The number of carbonyl (C=O) groups is 1. The van der Waals surface area contributed by atoms with Crippen molar-refractivity contribution in [1.82, 2.24) is 4.98 Å². The predicted molar refractivity (Wildman–Crippen MR) is 83.2 cm³/mol. The van der Waals surface area contributed by atoms with Gasteiger partial charge in [0.05, 0.1) is 11.2 Å². The van der Waals surface area contributed by atoms with Gasteiger partial charge in [-0.2, -0.15) is 0 Å². The van der Waals surface area contributed by atoms with Gasteiger partial charge < -0.3 is 5.11 Å². The molecular formula is C18H13NO2. The van der Waals surface area contributed by atoms with E-state index in [1.54, 1.807) is 18.2 Å². The molecule has 3 heteroatoms. The van der Waals surface area contributed by atoms with Gasteiger partial charge in [-0.3, -0.25) is 4.79 Å². The highest BCUT2D eigenvalue weighted by Crippen LogP contribution is 2.14. The van der Waals surface area contributed by atoms with E-state index in [2.05, 4.69) is 4.98 Å². The van der Waals surface area contributed by atoms with E-state index in [9.17, 15) is 9.90 Å². The molecule has 2 aromatic carbocycles. The fourth-order valence-corrected chi connectivity index (χ4v) is 2.09. The monoisotopic (exact) mass is 275 g/mol. The third kappa shape index (κ3) is 2.98. The number of para-hydroxylation sites is 1. The van der Waals surface area contributed by atoms with Crippen molar-refractivity contribution < 1.29 is 9.90 Å². The van der Waals surface area contributed by atoms with E-state index in [0.717, 1.165) is 16.6 Å². The molecule has 21 heavy (non-hydrogen) atoms. The lowest BCUT2D eigenvalue weighted by Crippen LogP contribution is -1.93. The van der Waals surface area contributed by atoms with Crippen molar-refractivity contribution in [1.29, 1.82) is 0 Å². The molecule has 0 aliphatic carbocycles. The third-order valence-corrected chi connectivity index (χ3v) is 3.16. The Morgan fingerprint density at radius 1 is 1.00 bits per heavy atom. The molecule has 3 rings (SSSR count). The van der Waals surface area contributed by atoms with E-state index in [-0.39, 0.29) is 11.5 Å². The highest BCUT2D eigenvalue weighted by molar-refractivity contribution is 6.07. The molecule has 3 nitrogen and oxygen atoms in total. The standard InChI is InChI=1S/C18H13NO2/c20-16-6-3-5-14(12-16)18(21)11-10-15-9-8-13-4-1-2-7-17(13)19-15/h1-12,20H. The lowest BCUT2D eigenvalue weighted by Gasteiger charge is -1.99. The number of aromatic hydroxyl groups is 1. The lowest BCUT2D eigenvalue weighted by molar-refractivity contribution is 0.104. The van der Waals surface area contributed by atoms with Crippen LogP contribution in [-0.2, 0) is 0 Å². The van der Waals surface area contributed by atoms with E-state index in [0.29, 0.717) is 5.56 Å². The second-order valence-corrected chi connectivity index (χ2v) is 4.68. The number of rotatable bonds is 3. The maximum atomic E-state index is 12.0. The molecule has 0 radical (unpaired) electrons. The van der Waals surface area contributed by atoms with Crippen molar-refractivity contribution in [2.24, 2.45) is 0 Å². The van der Waals surface area contributed by atoms with Crippen LogP contribution in [0.5, 0.6) is 5.75 Å². The molecule has 0 bridgehead atoms. The first kappa shape index (κ1) is 13.1. The van der Waals surface area contributed by atoms with Gasteiger partial charge in [0.2, 0.25) is 0 Å². The van der Waals surface area contributed by atoms with Gasteiger partial charge in [-0.15, -0.1) is 0 Å². The summed E-state index contributed by atoms with van der Waals surface area (Å²) in [4.78, 5) is 16.5. The summed E-state index contributed by atoms with van der Waals surface area (Å²) in [7, 11) is 0. The Kier molecular flexibility index (Phi) is 3.48. The Balaban J connectivity index is 1.85. The van der Waals surface area contributed by atoms with Gasteiger partial charge in [-0.1, -0.05) is 36.4 Å². The number of fused-ring (bicyclic) bond motifs is 1. The van der Waals surface area contributed by atoms with Crippen LogP contribution in [0.1, 0.15) is 16.1 Å². The number of benzene rings is 2. The molecule has 0 aliphatic rings. The molecule has 0 spiro atoms. The number of pyridine rings is 1. The summed E-state index contributed by atoms with van der Waals surface area (Å²) in [6, 6.07) is 18.0. The van der Waals surface area contributed by atoms with Crippen LogP contribution in [0.2, 0.25) is 0 Å². The number of hydrogen-bond acceptors (Lipinski definition) is 3. The Labute approximate surface area is 122 Å². The van der Waals surface area contributed by atoms with Gasteiger partial charge >= 0.3 is 0 Å². The van der Waals surface area contributed by atoms with E-state index in [1.165, 1.54) is 18.2 Å². The van der Waals surface area contributed by atoms with E-state index >= 15 is 0 Å². The molecule has 102 valence electrons. The molecule has 0 fully saturated rings. The van der Waals surface area contributed by atoms with Gasteiger partial charge in [0.25, 0.3) is 0 Å². The first-order valence-electron chi connectivity index (χ1n) is 6.60. The third-order valence-electron chi connectivity index (χ3n) is 3.16. The fourth-order valence-electron chi connectivity index (χ4n) is 2.09. The van der Waals surface area contributed by atoms with Gasteiger partial charge in [0.1, 0.15) is 5.75 Å². The van der Waals surface area contributed by atoms with Crippen LogP contribution in [0, 0.1) is 0 Å². The number of carbonyl (C=O) groups excluding carboxylic acids is 1. The minimum absolute atomic E-state index is 0.0816. The zero-order valence-corrected chi connectivity index (χ0v) is 11.2. The van der Waals surface area contributed by atoms with Crippen molar-refractivity contribution in [2.45, 2.75) is 0 Å². The summed E-state index contributed by atoms with van der Waals surface area (Å²) in [5, 5.41) is 10.4. The molecular weight excluding hydrogens is 262 g/mol. The van der Waals surface area contributed by atoms with Crippen LogP contribution in [0.25, 0.3) is 17.0 Å². The summed E-state index contributed by atoms with van der Waals surface area (Å²) in [5.41, 5.74) is 2.07. The normalized spacial score (nSPS) is 11.0. The zero-order valence-electron chi connectivity index (χ0n) is 11.2. The maximum absolute atomic E-state index is 12.0. The summed E-state index contributed by atoms with van der Waals surface area (Å²) in [6.07, 6.45) is 3.14. The largest absolute Gasteiger partial charge is 0.508 e. The van der Waals surface area contributed by atoms with Gasteiger partial charge in [0, 0.05) is 10.9 Å². The average molecular weight is 275 g/mol. The highest BCUT2D eigenvalue weighted by atomic mass is 16.3. The van der Waals surface area contributed by atoms with E-state index in [4.69, 9.17) is 0 Å². The van der Waals surface area contributed by atoms with E-state index in [1.807, 2.05) is 36.4 Å². The lowest BCUT2D eigenvalue weighted by atomic mass is 10.1. The van der Waals surface area contributed by atoms with E-state index < -0.39 is 0 Å². The molecule has 0 aliphatic heterocycles. The van der Waals surface area contributed by atoms with Gasteiger partial charge in [-0.05, 0) is 36.4 Å². The fraction of sp³-hybridized carbons (Fsp3) is 0. The Morgan fingerprint density at radius 2 is 1.86 bits per heavy atom. The van der Waals surface area contributed by atoms with Crippen molar-refractivity contribution in [3.8, 4) is 5.75 Å². The number of nitrogens with zero attached hydrogens (tertiary/aromatic N) is 1. The number of hydrogen-bond donors (Lipinski definition) is 1. The molecule has 3 aromatic rings. The smallest absolute Gasteiger partial charge is 0.186 e. The summed E-state index contributed by atoms with van der Waals surface area (Å²) in [5.74, 6) is -0.0843. The summed E-state index contributed by atoms with van der Waals surface area (Å²) in [6.45, 7) is 0. The number of ketones is 1. The minimum atomic E-state index is -0.166. The summed E-state index contributed by atoms with van der Waals surface area (Å²) >= 11 is 0. The molecule has 0 unspecified atom stereocenters. The van der Waals surface area contributed by atoms with Crippen LogP contribution in [-0.4, -0.2) is 15.9 Å². The second kappa shape index (κ2) is 5.59. The van der Waals surface area contributed by atoms with Crippen LogP contribution in [0.4, 0.5) is 0 Å². The SMILES string of the molecule is O=C(C=Cc1ccc2ccccc2n1)c1cccc(O)c1. The number of phenolic OH excluding ortho intramolecular Hbond substituents is 1. The average Bonchev–Trinajstić information content (AvgIpc) is 2.52. The first-order valence-corrected chi connectivity index (χ1v) is 6.60. The van der Waals surface area contributed by atoms with Crippen molar-refractivity contribution in [3.63, 3.8) is 0 Å². The number of phenols is 1. The quantitative estimate of drug-likeness (QED) is 0.583. The van der Waals surface area contributed by atoms with Crippen molar-refractivity contribution in [3.05, 3.63) is 78.0 Å². The van der Waals surface area contributed by atoms with Gasteiger partial charge in [-0.25, -0.2) is 4.98 Å². The van der Waals surface area contributed by atoms with Crippen LogP contribution in [0.15, 0.2) is 66.7 Å². The molecule has 0 atom stereocenters. The van der Waals surface area contributed by atoms with Crippen LogP contribution >= 0.6 is 0 Å². The van der Waals surface area contributed by atoms with Crippen molar-refractivity contribution >= 4 is 22.8 Å². The van der Waals surface area contributed by atoms with Gasteiger partial charge in [0.15, 0.2) is 5.78 Å². The molecule has 0 saturated carbocycles. The molecule has 1 N–H and O–H groups in total. The first-order chi connectivity index (χ1) is 10.2. The maximum Gasteiger partial charge on any atom is 0.186 e. The van der Waals surface area contributed by atoms with Crippen molar-refractivity contribution in [2.75, 3.05) is 0 Å². The second-order valence-electron chi connectivity index (χ2n) is 4.68.